The summed E-state index contributed by atoms with van der Waals surface area (Å²) in [5.41, 5.74) is 2.30. The monoisotopic (exact) mass is 258 g/mol. The summed E-state index contributed by atoms with van der Waals surface area (Å²) in [5.74, 6) is -1.19. The first kappa shape index (κ1) is 11.4. The number of benzene rings is 1. The fourth-order valence-corrected chi connectivity index (χ4v) is 2.14. The highest BCUT2D eigenvalue weighted by molar-refractivity contribution is 5.92. The van der Waals surface area contributed by atoms with Crippen molar-refractivity contribution in [3.8, 4) is 0 Å². The molecule has 0 fully saturated rings. The average Bonchev–Trinajstić information content (AvgIpc) is 3.06. The number of hydrogen-bond acceptors (Lipinski definition) is 4. The van der Waals surface area contributed by atoms with E-state index in [-0.39, 0.29) is 17.2 Å². The van der Waals surface area contributed by atoms with Crippen LogP contribution in [-0.2, 0) is 13.1 Å². The van der Waals surface area contributed by atoms with Gasteiger partial charge in [0.1, 0.15) is 0 Å². The molecule has 2 heterocycles. The summed E-state index contributed by atoms with van der Waals surface area (Å²) in [7, 11) is 0. The third kappa shape index (κ3) is 1.95. The predicted octanol–water partition coefficient (Wildman–Crippen LogP) is 0.659. The minimum atomic E-state index is -0.968. The van der Waals surface area contributed by atoms with E-state index in [1.54, 1.807) is 23.1 Å². The minimum absolute atomic E-state index is 0.221. The van der Waals surface area contributed by atoms with Gasteiger partial charge in [-0.15, -0.1) is 0 Å². The van der Waals surface area contributed by atoms with Crippen LogP contribution in [0.15, 0.2) is 24.4 Å². The summed E-state index contributed by atoms with van der Waals surface area (Å²) >= 11 is 0. The molecule has 19 heavy (non-hydrogen) atoms. The zero-order valence-electron chi connectivity index (χ0n) is 9.83. The molecule has 2 N–H and O–H groups in total. The van der Waals surface area contributed by atoms with E-state index < -0.39 is 5.97 Å². The molecule has 0 radical (unpaired) electrons. The number of fused-ring (bicyclic) bond motifs is 1. The van der Waals surface area contributed by atoms with Crippen molar-refractivity contribution < 1.29 is 14.7 Å². The summed E-state index contributed by atoms with van der Waals surface area (Å²) in [4.78, 5) is 24.6. The van der Waals surface area contributed by atoms with Crippen molar-refractivity contribution in [1.29, 1.82) is 0 Å². The van der Waals surface area contributed by atoms with Gasteiger partial charge in [-0.05, 0) is 23.3 Å². The molecule has 7 heteroatoms. The molecule has 1 aromatic carbocycles. The number of carboxylic acid groups (broad SMARTS) is 1. The van der Waals surface area contributed by atoms with E-state index in [4.69, 9.17) is 5.11 Å². The SMILES string of the molecule is O=C(O)c1ccc2c(c1)CN(C(=O)c1cn[nH]n1)C2. The Morgan fingerprint density at radius 3 is 2.74 bits per heavy atom. The Kier molecular flexibility index (Phi) is 2.52. The number of nitrogens with zero attached hydrogens (tertiary/aromatic N) is 3. The van der Waals surface area contributed by atoms with Crippen LogP contribution in [0.1, 0.15) is 32.0 Å². The van der Waals surface area contributed by atoms with Crippen LogP contribution in [0.2, 0.25) is 0 Å². The quantitative estimate of drug-likeness (QED) is 0.824. The van der Waals surface area contributed by atoms with E-state index >= 15 is 0 Å². The number of nitrogens with one attached hydrogen (secondary N) is 1. The molecular weight excluding hydrogens is 248 g/mol. The third-order valence-electron chi connectivity index (χ3n) is 3.10. The first-order chi connectivity index (χ1) is 9.15. The number of aromatic amines is 1. The molecule has 0 saturated carbocycles. The average molecular weight is 258 g/mol. The van der Waals surface area contributed by atoms with Crippen LogP contribution in [0.5, 0.6) is 0 Å². The van der Waals surface area contributed by atoms with Gasteiger partial charge in [0.2, 0.25) is 0 Å². The lowest BCUT2D eigenvalue weighted by atomic mass is 10.1. The molecule has 1 aliphatic rings. The lowest BCUT2D eigenvalue weighted by molar-refractivity contribution is 0.0696. The zero-order valence-corrected chi connectivity index (χ0v) is 9.83. The molecule has 0 saturated heterocycles. The van der Waals surface area contributed by atoms with Crippen LogP contribution in [0, 0.1) is 0 Å². The molecule has 2 aromatic rings. The lowest BCUT2D eigenvalue weighted by Crippen LogP contribution is -2.25. The normalized spacial score (nSPS) is 13.4. The van der Waals surface area contributed by atoms with Crippen LogP contribution in [-0.4, -0.2) is 37.3 Å². The van der Waals surface area contributed by atoms with E-state index in [0.717, 1.165) is 11.1 Å². The number of H-pyrrole nitrogens is 1. The summed E-state index contributed by atoms with van der Waals surface area (Å²) in [5, 5.41) is 18.7. The maximum atomic E-state index is 12.1. The van der Waals surface area contributed by atoms with E-state index in [9.17, 15) is 9.59 Å². The van der Waals surface area contributed by atoms with E-state index in [1.165, 1.54) is 6.20 Å². The maximum absolute atomic E-state index is 12.1. The van der Waals surface area contributed by atoms with Crippen molar-refractivity contribution in [2.24, 2.45) is 0 Å². The highest BCUT2D eigenvalue weighted by atomic mass is 16.4. The number of aromatic nitrogens is 3. The first-order valence-electron chi connectivity index (χ1n) is 5.65. The molecule has 7 nitrogen and oxygen atoms in total. The van der Waals surface area contributed by atoms with Gasteiger partial charge in [0.25, 0.3) is 5.91 Å². The van der Waals surface area contributed by atoms with E-state index in [1.807, 2.05) is 0 Å². The molecule has 1 aromatic heterocycles. The predicted molar refractivity (Wildman–Crippen MR) is 63.4 cm³/mol. The number of hydrogen-bond donors (Lipinski definition) is 2. The number of carboxylic acids is 1. The number of amides is 1. The smallest absolute Gasteiger partial charge is 0.335 e. The Morgan fingerprint density at radius 1 is 1.26 bits per heavy atom. The van der Waals surface area contributed by atoms with Gasteiger partial charge >= 0.3 is 5.97 Å². The molecule has 1 amide bonds. The minimum Gasteiger partial charge on any atom is -0.478 e. The van der Waals surface area contributed by atoms with Gasteiger partial charge in [0.05, 0.1) is 11.8 Å². The second-order valence-corrected chi connectivity index (χ2v) is 4.31. The number of rotatable bonds is 2. The Morgan fingerprint density at radius 2 is 2.05 bits per heavy atom. The van der Waals surface area contributed by atoms with Crippen LogP contribution >= 0.6 is 0 Å². The number of carbonyl (C=O) groups is 2. The third-order valence-corrected chi connectivity index (χ3v) is 3.10. The molecule has 3 rings (SSSR count). The summed E-state index contributed by atoms with van der Waals surface area (Å²) in [6.07, 6.45) is 1.37. The van der Waals surface area contributed by atoms with Crippen molar-refractivity contribution >= 4 is 11.9 Å². The molecule has 0 unspecified atom stereocenters. The molecule has 0 atom stereocenters. The van der Waals surface area contributed by atoms with Gasteiger partial charge in [-0.25, -0.2) is 4.79 Å². The van der Waals surface area contributed by atoms with Gasteiger partial charge < -0.3 is 10.0 Å². The fraction of sp³-hybridized carbons (Fsp3) is 0.167. The van der Waals surface area contributed by atoms with Crippen molar-refractivity contribution in [2.75, 3.05) is 0 Å². The Labute approximate surface area is 107 Å². The Balaban J connectivity index is 1.84. The second-order valence-electron chi connectivity index (χ2n) is 4.31. The van der Waals surface area contributed by atoms with Gasteiger partial charge in [-0.2, -0.15) is 15.4 Å². The highest BCUT2D eigenvalue weighted by Crippen LogP contribution is 2.24. The topological polar surface area (TPSA) is 99.2 Å². The van der Waals surface area contributed by atoms with Crippen molar-refractivity contribution in [1.82, 2.24) is 20.3 Å². The molecule has 1 aliphatic heterocycles. The van der Waals surface area contributed by atoms with Gasteiger partial charge in [0, 0.05) is 13.1 Å². The van der Waals surface area contributed by atoms with Crippen molar-refractivity contribution in [3.05, 3.63) is 46.8 Å². The van der Waals surface area contributed by atoms with Crippen LogP contribution in [0.25, 0.3) is 0 Å². The van der Waals surface area contributed by atoms with E-state index in [0.29, 0.717) is 13.1 Å². The van der Waals surface area contributed by atoms with Gasteiger partial charge in [-0.3, -0.25) is 4.79 Å². The standard InChI is InChI=1S/C12H10N4O3/c17-11(10-4-13-15-14-10)16-5-8-2-1-7(12(18)19)3-9(8)6-16/h1-4H,5-6H2,(H,18,19)(H,13,14,15). The zero-order chi connectivity index (χ0) is 13.4. The van der Waals surface area contributed by atoms with Gasteiger partial charge in [-0.1, -0.05) is 6.07 Å². The highest BCUT2D eigenvalue weighted by Gasteiger charge is 2.26. The lowest BCUT2D eigenvalue weighted by Gasteiger charge is -2.12. The summed E-state index contributed by atoms with van der Waals surface area (Å²) < 4.78 is 0. The first-order valence-corrected chi connectivity index (χ1v) is 5.65. The largest absolute Gasteiger partial charge is 0.478 e. The van der Waals surface area contributed by atoms with Crippen molar-refractivity contribution in [2.45, 2.75) is 13.1 Å². The Bertz CT molecular complexity index is 651. The number of carbonyl (C=O) groups excluding carboxylic acids is 1. The van der Waals surface area contributed by atoms with Crippen molar-refractivity contribution in [3.63, 3.8) is 0 Å². The fourth-order valence-electron chi connectivity index (χ4n) is 2.14. The summed E-state index contributed by atoms with van der Waals surface area (Å²) in [6.45, 7) is 0.850. The molecule has 0 spiro atoms. The second kappa shape index (κ2) is 4.20. The molecule has 0 bridgehead atoms. The van der Waals surface area contributed by atoms with E-state index in [2.05, 4.69) is 15.4 Å². The van der Waals surface area contributed by atoms with Gasteiger partial charge in [0.15, 0.2) is 5.69 Å². The van der Waals surface area contributed by atoms with Crippen LogP contribution < -0.4 is 0 Å². The van der Waals surface area contributed by atoms with Crippen LogP contribution in [0.3, 0.4) is 0 Å². The molecular formula is C12H10N4O3. The molecule has 0 aliphatic carbocycles. The van der Waals surface area contributed by atoms with Crippen LogP contribution in [0.4, 0.5) is 0 Å². The summed E-state index contributed by atoms with van der Waals surface area (Å²) in [6, 6.07) is 4.90. The number of aromatic carboxylic acids is 1. The Hall–Kier alpha value is -2.70. The molecule has 96 valence electrons. The maximum Gasteiger partial charge on any atom is 0.335 e.